The van der Waals surface area contributed by atoms with Gasteiger partial charge in [-0.2, -0.15) is 0 Å². The topological polar surface area (TPSA) is 86.5 Å². The summed E-state index contributed by atoms with van der Waals surface area (Å²) in [5, 5.41) is 5.02. The van der Waals surface area contributed by atoms with E-state index >= 15 is 0 Å². The number of primary sulfonamides is 1. The van der Waals surface area contributed by atoms with E-state index in [1.165, 1.54) is 6.07 Å². The fourth-order valence-electron chi connectivity index (χ4n) is 1.23. The zero-order valence-corrected chi connectivity index (χ0v) is 11.4. The van der Waals surface area contributed by atoms with Gasteiger partial charge >= 0.3 is 5.97 Å². The van der Waals surface area contributed by atoms with Gasteiger partial charge in [-0.25, -0.2) is 18.4 Å². The summed E-state index contributed by atoms with van der Waals surface area (Å²) in [4.78, 5) is 12.3. The van der Waals surface area contributed by atoms with Crippen molar-refractivity contribution in [1.29, 1.82) is 0 Å². The molecule has 1 aromatic rings. The summed E-state index contributed by atoms with van der Waals surface area (Å²) in [5.41, 5.74) is 0. The first-order valence-electron chi connectivity index (χ1n) is 5.16. The number of esters is 1. The Morgan fingerprint density at radius 3 is 2.65 bits per heavy atom. The third kappa shape index (κ3) is 3.79. The lowest BCUT2D eigenvalue weighted by Gasteiger charge is -2.00. The fraction of sp³-hybridized carbons (Fsp3) is 0.500. The van der Waals surface area contributed by atoms with Gasteiger partial charge < -0.3 is 4.74 Å². The molecule has 0 radical (unpaired) electrons. The summed E-state index contributed by atoms with van der Waals surface area (Å²) in [7, 11) is -3.77. The summed E-state index contributed by atoms with van der Waals surface area (Å²) < 4.78 is 27.3. The van der Waals surface area contributed by atoms with Crippen molar-refractivity contribution in [3.8, 4) is 0 Å². The van der Waals surface area contributed by atoms with Crippen LogP contribution in [-0.4, -0.2) is 21.0 Å². The van der Waals surface area contributed by atoms with Gasteiger partial charge in [-0.1, -0.05) is 13.3 Å². The maximum absolute atomic E-state index is 11.6. The number of thiophene rings is 1. The predicted octanol–water partition coefficient (Wildman–Crippen LogP) is 1.66. The van der Waals surface area contributed by atoms with E-state index in [9.17, 15) is 13.2 Å². The molecule has 0 aliphatic carbocycles. The number of hydrogen-bond acceptors (Lipinski definition) is 5. The maximum atomic E-state index is 11.6. The first-order chi connectivity index (χ1) is 7.86. The van der Waals surface area contributed by atoms with Crippen LogP contribution in [0.2, 0.25) is 0 Å². The molecule has 0 saturated carbocycles. The van der Waals surface area contributed by atoms with E-state index in [0.717, 1.165) is 24.2 Å². The largest absolute Gasteiger partial charge is 0.462 e. The maximum Gasteiger partial charge on any atom is 0.348 e. The van der Waals surface area contributed by atoms with Crippen LogP contribution in [-0.2, 0) is 14.8 Å². The van der Waals surface area contributed by atoms with Crippen molar-refractivity contribution in [2.24, 2.45) is 5.14 Å². The lowest BCUT2D eigenvalue weighted by Crippen LogP contribution is -2.12. The van der Waals surface area contributed by atoms with Crippen LogP contribution in [0, 0.1) is 6.92 Å². The lowest BCUT2D eigenvalue weighted by molar-refractivity contribution is 0.0505. The highest BCUT2D eigenvalue weighted by Gasteiger charge is 2.19. The minimum Gasteiger partial charge on any atom is -0.462 e. The van der Waals surface area contributed by atoms with E-state index in [1.807, 2.05) is 6.92 Å². The van der Waals surface area contributed by atoms with Crippen molar-refractivity contribution in [3.05, 3.63) is 15.8 Å². The number of aryl methyl sites for hydroxylation is 1. The van der Waals surface area contributed by atoms with E-state index in [4.69, 9.17) is 9.88 Å². The Bertz CT molecular complexity index is 504. The summed E-state index contributed by atoms with van der Waals surface area (Å²) in [5.74, 6) is -0.499. The molecule has 0 aromatic carbocycles. The van der Waals surface area contributed by atoms with E-state index < -0.39 is 16.0 Å². The number of unbranched alkanes of at least 4 members (excludes halogenated alkanes) is 1. The number of carbonyl (C=O) groups excluding carboxylic acids is 1. The van der Waals surface area contributed by atoms with Crippen molar-refractivity contribution in [1.82, 2.24) is 0 Å². The zero-order valence-electron chi connectivity index (χ0n) is 9.73. The van der Waals surface area contributed by atoms with Gasteiger partial charge in [0.2, 0.25) is 10.0 Å². The first-order valence-corrected chi connectivity index (χ1v) is 7.53. The van der Waals surface area contributed by atoms with Crippen molar-refractivity contribution < 1.29 is 17.9 Å². The van der Waals surface area contributed by atoms with Gasteiger partial charge in [0.1, 0.15) is 4.88 Å². The number of nitrogens with two attached hydrogens (primary N) is 1. The minimum atomic E-state index is -3.77. The highest BCUT2D eigenvalue weighted by molar-refractivity contribution is 7.89. The van der Waals surface area contributed by atoms with Gasteiger partial charge in [-0.05, 0) is 19.4 Å². The third-order valence-electron chi connectivity index (χ3n) is 2.11. The first kappa shape index (κ1) is 14.1. The van der Waals surface area contributed by atoms with Gasteiger partial charge in [-0.15, -0.1) is 11.3 Å². The fourth-order valence-corrected chi connectivity index (χ4v) is 3.27. The minimum absolute atomic E-state index is 0.00931. The molecule has 0 atom stereocenters. The summed E-state index contributed by atoms with van der Waals surface area (Å²) in [6.45, 7) is 3.94. The molecule has 1 aromatic heterocycles. The normalized spacial score (nSPS) is 11.5. The number of rotatable bonds is 5. The average molecular weight is 277 g/mol. The van der Waals surface area contributed by atoms with Crippen LogP contribution < -0.4 is 5.14 Å². The van der Waals surface area contributed by atoms with Crippen LogP contribution in [0.1, 0.15) is 34.3 Å². The molecule has 0 aliphatic rings. The summed E-state index contributed by atoms with van der Waals surface area (Å²) in [6, 6.07) is 1.27. The molecular formula is C10H15NO4S2. The van der Waals surface area contributed by atoms with E-state index in [1.54, 1.807) is 6.92 Å². The number of hydrogen-bond donors (Lipinski definition) is 1. The molecule has 5 nitrogen and oxygen atoms in total. The molecule has 1 rings (SSSR count). The monoisotopic (exact) mass is 277 g/mol. The lowest BCUT2D eigenvalue weighted by atomic mass is 10.4. The number of carbonyl (C=O) groups is 1. The molecule has 7 heteroatoms. The summed E-state index contributed by atoms with van der Waals surface area (Å²) >= 11 is 1.07. The van der Waals surface area contributed by atoms with E-state index in [2.05, 4.69) is 0 Å². The molecule has 2 N–H and O–H groups in total. The van der Waals surface area contributed by atoms with Gasteiger partial charge in [0.25, 0.3) is 0 Å². The second kappa shape index (κ2) is 5.61. The Morgan fingerprint density at radius 2 is 2.18 bits per heavy atom. The van der Waals surface area contributed by atoms with E-state index in [-0.39, 0.29) is 9.77 Å². The Kier molecular flexibility index (Phi) is 4.67. The molecule has 0 saturated heterocycles. The zero-order chi connectivity index (χ0) is 13.1. The van der Waals surface area contributed by atoms with Crippen LogP contribution in [0.5, 0.6) is 0 Å². The molecule has 1 heterocycles. The Balaban J connectivity index is 2.83. The van der Waals surface area contributed by atoms with Crippen LogP contribution in [0.4, 0.5) is 0 Å². The number of ether oxygens (including phenoxy) is 1. The van der Waals surface area contributed by atoms with Crippen molar-refractivity contribution >= 4 is 27.3 Å². The van der Waals surface area contributed by atoms with E-state index in [0.29, 0.717) is 11.5 Å². The molecule has 0 unspecified atom stereocenters. The third-order valence-corrected chi connectivity index (χ3v) is 4.31. The standard InChI is InChI=1S/C10H15NO4S2/c1-3-4-5-15-10(12)8-6-9(7(2)16-8)17(11,13)14/h6H,3-5H2,1-2H3,(H2,11,13,14). The van der Waals surface area contributed by atoms with Gasteiger partial charge in [0.05, 0.1) is 11.5 Å². The van der Waals surface area contributed by atoms with Crippen LogP contribution >= 0.6 is 11.3 Å². The molecule has 0 fully saturated rings. The molecular weight excluding hydrogens is 262 g/mol. The Labute approximate surface area is 105 Å². The second-order valence-electron chi connectivity index (χ2n) is 3.57. The van der Waals surface area contributed by atoms with Gasteiger partial charge in [-0.3, -0.25) is 0 Å². The van der Waals surface area contributed by atoms with Crippen LogP contribution in [0.3, 0.4) is 0 Å². The molecule has 96 valence electrons. The van der Waals surface area contributed by atoms with Crippen LogP contribution in [0.15, 0.2) is 11.0 Å². The highest BCUT2D eigenvalue weighted by Crippen LogP contribution is 2.25. The van der Waals surface area contributed by atoms with Crippen LogP contribution in [0.25, 0.3) is 0 Å². The van der Waals surface area contributed by atoms with Gasteiger partial charge in [0.15, 0.2) is 0 Å². The molecule has 0 spiro atoms. The average Bonchev–Trinajstić information content (AvgIpc) is 2.60. The van der Waals surface area contributed by atoms with Crippen molar-refractivity contribution in [2.75, 3.05) is 6.61 Å². The molecule has 0 aliphatic heterocycles. The smallest absolute Gasteiger partial charge is 0.348 e. The predicted molar refractivity (Wildman–Crippen MR) is 65.6 cm³/mol. The molecule has 0 bridgehead atoms. The quantitative estimate of drug-likeness (QED) is 0.655. The Hall–Kier alpha value is -0.920. The number of sulfonamides is 1. The second-order valence-corrected chi connectivity index (χ2v) is 6.35. The highest BCUT2D eigenvalue weighted by atomic mass is 32.2. The van der Waals surface area contributed by atoms with Crippen molar-refractivity contribution in [2.45, 2.75) is 31.6 Å². The SMILES string of the molecule is CCCCOC(=O)c1cc(S(N)(=O)=O)c(C)s1. The van der Waals surface area contributed by atoms with Gasteiger partial charge in [0, 0.05) is 4.88 Å². The summed E-state index contributed by atoms with van der Waals surface area (Å²) in [6.07, 6.45) is 1.72. The molecule has 0 amide bonds. The van der Waals surface area contributed by atoms with Crippen molar-refractivity contribution in [3.63, 3.8) is 0 Å². The molecule has 17 heavy (non-hydrogen) atoms. The Morgan fingerprint density at radius 1 is 1.53 bits per heavy atom.